The first-order valence-corrected chi connectivity index (χ1v) is 6.63. The molecule has 0 aliphatic rings. The van der Waals surface area contributed by atoms with E-state index in [1.54, 1.807) is 0 Å². The van der Waals surface area contributed by atoms with Crippen LogP contribution in [0.5, 0.6) is 0 Å². The number of nitriles is 1. The first kappa shape index (κ1) is 11.9. The van der Waals surface area contributed by atoms with Crippen molar-refractivity contribution in [3.8, 4) is 6.07 Å². The zero-order chi connectivity index (χ0) is 12.3. The summed E-state index contributed by atoms with van der Waals surface area (Å²) in [6.45, 7) is 4.24. The summed E-state index contributed by atoms with van der Waals surface area (Å²) < 4.78 is 0. The van der Waals surface area contributed by atoms with E-state index in [4.69, 9.17) is 5.26 Å². The zero-order valence-corrected chi connectivity index (χ0v) is 10.8. The normalized spacial score (nSPS) is 10.4. The predicted molar refractivity (Wildman–Crippen MR) is 72.2 cm³/mol. The molecule has 0 bridgehead atoms. The maximum Gasteiger partial charge on any atom is 0.0980 e. The molecule has 0 amide bonds. The van der Waals surface area contributed by atoms with Crippen molar-refractivity contribution in [2.24, 2.45) is 0 Å². The van der Waals surface area contributed by atoms with E-state index in [0.717, 1.165) is 17.0 Å². The van der Waals surface area contributed by atoms with Gasteiger partial charge in [-0.15, -0.1) is 0 Å². The molecule has 1 heterocycles. The van der Waals surface area contributed by atoms with Crippen molar-refractivity contribution in [2.75, 3.05) is 5.75 Å². The maximum absolute atomic E-state index is 8.61. The lowest BCUT2D eigenvalue weighted by atomic mass is 10.0. The third-order valence-corrected chi connectivity index (χ3v) is 3.55. The van der Waals surface area contributed by atoms with E-state index >= 15 is 0 Å². The van der Waals surface area contributed by atoms with Gasteiger partial charge in [0.1, 0.15) is 0 Å². The van der Waals surface area contributed by atoms with E-state index in [9.17, 15) is 0 Å². The second kappa shape index (κ2) is 5.20. The molecule has 0 spiro atoms. The summed E-state index contributed by atoms with van der Waals surface area (Å²) in [6, 6.07) is 10.5. The van der Waals surface area contributed by atoms with Gasteiger partial charge in [0.25, 0.3) is 0 Å². The molecule has 0 saturated heterocycles. The van der Waals surface area contributed by atoms with Gasteiger partial charge >= 0.3 is 0 Å². The van der Waals surface area contributed by atoms with E-state index in [-0.39, 0.29) is 0 Å². The van der Waals surface area contributed by atoms with Crippen molar-refractivity contribution in [3.63, 3.8) is 0 Å². The van der Waals surface area contributed by atoms with Crippen LogP contribution in [-0.4, -0.2) is 10.7 Å². The van der Waals surface area contributed by atoms with E-state index in [2.05, 4.69) is 49.2 Å². The third kappa shape index (κ3) is 2.42. The minimum Gasteiger partial charge on any atom is -0.241 e. The van der Waals surface area contributed by atoms with E-state index in [1.165, 1.54) is 28.3 Å². The minimum absolute atomic E-state index is 0.451. The molecule has 2 aromatic rings. The first-order valence-electron chi connectivity index (χ1n) is 5.65. The minimum atomic E-state index is 0.451. The Morgan fingerprint density at radius 1 is 1.41 bits per heavy atom. The summed E-state index contributed by atoms with van der Waals surface area (Å²) in [5.74, 6) is 0.451. The number of para-hydroxylation sites is 1. The number of aryl methyl sites for hydroxylation is 2. The van der Waals surface area contributed by atoms with Gasteiger partial charge in [0.2, 0.25) is 0 Å². The second-order valence-corrected chi connectivity index (χ2v) is 4.89. The quantitative estimate of drug-likeness (QED) is 0.770. The van der Waals surface area contributed by atoms with Gasteiger partial charge in [0.15, 0.2) is 0 Å². The highest BCUT2D eigenvalue weighted by Crippen LogP contribution is 2.25. The predicted octanol–water partition coefficient (Wildman–Crippen LogP) is 3.72. The number of rotatable bonds is 3. The largest absolute Gasteiger partial charge is 0.241 e. The molecular weight excluding hydrogens is 228 g/mol. The molecule has 0 aliphatic carbocycles. The van der Waals surface area contributed by atoms with Crippen LogP contribution < -0.4 is 0 Å². The summed E-state index contributed by atoms with van der Waals surface area (Å²) in [5.41, 5.74) is 3.58. The molecular formula is C14H14N2S. The highest BCUT2D eigenvalue weighted by molar-refractivity contribution is 7.99. The van der Waals surface area contributed by atoms with Crippen molar-refractivity contribution >= 4 is 22.7 Å². The summed E-state index contributed by atoms with van der Waals surface area (Å²) in [4.78, 5) is 4.66. The molecule has 0 unspecified atom stereocenters. The fraction of sp³-hybridized carbons (Fsp3) is 0.286. The van der Waals surface area contributed by atoms with Crippen LogP contribution in [0, 0.1) is 18.3 Å². The fourth-order valence-electron chi connectivity index (χ4n) is 1.91. The van der Waals surface area contributed by atoms with Crippen LogP contribution in [0.1, 0.15) is 18.1 Å². The number of benzene rings is 1. The number of pyridine rings is 1. The van der Waals surface area contributed by atoms with Gasteiger partial charge in [-0.3, -0.25) is 0 Å². The molecule has 17 heavy (non-hydrogen) atoms. The van der Waals surface area contributed by atoms with Crippen molar-refractivity contribution < 1.29 is 0 Å². The lowest BCUT2D eigenvalue weighted by Gasteiger charge is -2.08. The van der Waals surface area contributed by atoms with Crippen LogP contribution in [0.2, 0.25) is 0 Å². The van der Waals surface area contributed by atoms with E-state index in [1.807, 2.05) is 0 Å². The Labute approximate surface area is 106 Å². The molecule has 1 aromatic carbocycles. The molecule has 86 valence electrons. The average molecular weight is 242 g/mol. The Hall–Kier alpha value is -1.53. The molecule has 0 atom stereocenters. The molecule has 2 nitrogen and oxygen atoms in total. The number of hydrogen-bond donors (Lipinski definition) is 0. The van der Waals surface area contributed by atoms with Crippen molar-refractivity contribution in [1.82, 2.24) is 4.98 Å². The van der Waals surface area contributed by atoms with Crippen molar-refractivity contribution in [1.29, 1.82) is 5.26 Å². The molecule has 0 aliphatic heterocycles. The topological polar surface area (TPSA) is 36.7 Å². The van der Waals surface area contributed by atoms with Gasteiger partial charge in [0.05, 0.1) is 22.4 Å². The molecule has 1 aromatic heterocycles. The van der Waals surface area contributed by atoms with Crippen LogP contribution in [0.4, 0.5) is 0 Å². The van der Waals surface area contributed by atoms with Crippen molar-refractivity contribution in [2.45, 2.75) is 25.3 Å². The monoisotopic (exact) mass is 242 g/mol. The standard InChI is InChI=1S/C14H14N2S/c1-3-11-5-4-6-12-10(2)9-13(16-14(11)12)17-8-7-15/h4-6,9H,3,8H2,1-2H3. The van der Waals surface area contributed by atoms with E-state index < -0.39 is 0 Å². The van der Waals surface area contributed by atoms with E-state index in [0.29, 0.717) is 5.75 Å². The number of fused-ring (bicyclic) bond motifs is 1. The molecule has 2 rings (SSSR count). The van der Waals surface area contributed by atoms with Crippen LogP contribution >= 0.6 is 11.8 Å². The Balaban J connectivity index is 2.58. The number of aromatic nitrogens is 1. The second-order valence-electron chi connectivity index (χ2n) is 3.89. The Morgan fingerprint density at radius 3 is 2.94 bits per heavy atom. The van der Waals surface area contributed by atoms with Crippen LogP contribution in [0.25, 0.3) is 10.9 Å². The Bertz CT molecular complexity index is 585. The Morgan fingerprint density at radius 2 is 2.24 bits per heavy atom. The maximum atomic E-state index is 8.61. The van der Waals surface area contributed by atoms with Gasteiger partial charge < -0.3 is 0 Å². The number of thioether (sulfide) groups is 1. The average Bonchev–Trinajstić information content (AvgIpc) is 2.35. The highest BCUT2D eigenvalue weighted by atomic mass is 32.2. The summed E-state index contributed by atoms with van der Waals surface area (Å²) in [5, 5.41) is 10.8. The van der Waals surface area contributed by atoms with Gasteiger partial charge in [-0.05, 0) is 30.5 Å². The van der Waals surface area contributed by atoms with Crippen LogP contribution in [0.3, 0.4) is 0 Å². The zero-order valence-electron chi connectivity index (χ0n) is 10.0. The molecule has 0 radical (unpaired) electrons. The summed E-state index contributed by atoms with van der Waals surface area (Å²) in [6.07, 6.45) is 0.982. The molecule has 0 fully saturated rings. The number of nitrogens with zero attached hydrogens (tertiary/aromatic N) is 2. The number of hydrogen-bond acceptors (Lipinski definition) is 3. The molecule has 3 heteroatoms. The summed E-state index contributed by atoms with van der Waals surface area (Å²) in [7, 11) is 0. The van der Waals surface area contributed by atoms with Gasteiger partial charge in [-0.1, -0.05) is 36.9 Å². The third-order valence-electron chi connectivity index (χ3n) is 2.77. The van der Waals surface area contributed by atoms with Crippen molar-refractivity contribution in [3.05, 3.63) is 35.4 Å². The lowest BCUT2D eigenvalue weighted by molar-refractivity contribution is 1.11. The fourth-order valence-corrected chi connectivity index (χ4v) is 2.54. The van der Waals surface area contributed by atoms with Gasteiger partial charge in [-0.2, -0.15) is 5.26 Å². The Kier molecular flexibility index (Phi) is 3.65. The SMILES string of the molecule is CCc1cccc2c(C)cc(SCC#N)nc12. The lowest BCUT2D eigenvalue weighted by Crippen LogP contribution is -1.92. The van der Waals surface area contributed by atoms with Gasteiger partial charge in [-0.25, -0.2) is 4.98 Å². The van der Waals surface area contributed by atoms with Crippen LogP contribution in [-0.2, 0) is 6.42 Å². The van der Waals surface area contributed by atoms with Gasteiger partial charge in [0, 0.05) is 5.39 Å². The smallest absolute Gasteiger partial charge is 0.0980 e. The molecule has 0 N–H and O–H groups in total. The van der Waals surface area contributed by atoms with Crippen LogP contribution in [0.15, 0.2) is 29.3 Å². The first-order chi connectivity index (χ1) is 8.26. The highest BCUT2D eigenvalue weighted by Gasteiger charge is 2.06. The molecule has 0 saturated carbocycles. The summed E-state index contributed by atoms with van der Waals surface area (Å²) >= 11 is 1.50.